The first kappa shape index (κ1) is 16.7. The van der Waals surface area contributed by atoms with Gasteiger partial charge in [-0.15, -0.1) is 11.8 Å². The zero-order chi connectivity index (χ0) is 17.4. The lowest BCUT2D eigenvalue weighted by Gasteiger charge is -2.36. The van der Waals surface area contributed by atoms with Crippen LogP contribution in [0.4, 0.5) is 0 Å². The minimum atomic E-state index is -0.260. The number of esters is 1. The van der Waals surface area contributed by atoms with Crippen molar-refractivity contribution in [2.75, 3.05) is 19.0 Å². The van der Waals surface area contributed by atoms with Gasteiger partial charge in [0.25, 0.3) is 0 Å². The van der Waals surface area contributed by atoms with Crippen molar-refractivity contribution in [2.24, 2.45) is 5.92 Å². The molecular formula is C18H19NO4S2. The van der Waals surface area contributed by atoms with Gasteiger partial charge in [0, 0.05) is 34.6 Å². The van der Waals surface area contributed by atoms with Gasteiger partial charge >= 0.3 is 10.8 Å². The molecule has 0 bridgehead atoms. The van der Waals surface area contributed by atoms with Gasteiger partial charge in [-0.25, -0.2) is 0 Å². The minimum Gasteiger partial charge on any atom is -0.493 e. The quantitative estimate of drug-likeness (QED) is 0.767. The lowest BCUT2D eigenvalue weighted by molar-refractivity contribution is -0.143. The second-order valence-electron chi connectivity index (χ2n) is 6.14. The lowest BCUT2D eigenvalue weighted by Crippen LogP contribution is -2.31. The van der Waals surface area contributed by atoms with Gasteiger partial charge in [-0.3, -0.25) is 14.2 Å². The molecule has 0 N–H and O–H groups in total. The summed E-state index contributed by atoms with van der Waals surface area (Å²) in [6, 6.07) is 8.09. The zero-order valence-corrected chi connectivity index (χ0v) is 15.5. The number of nitrogens with zero attached hydrogens (tertiary/aromatic N) is 1. The summed E-state index contributed by atoms with van der Waals surface area (Å²) in [4.78, 5) is 25.3. The van der Waals surface area contributed by atoms with Gasteiger partial charge in [-0.2, -0.15) is 0 Å². The maximum absolute atomic E-state index is 12.5. The second-order valence-corrected chi connectivity index (χ2v) is 8.14. The number of thioether (sulfide) groups is 1. The number of thiazole rings is 1. The van der Waals surface area contributed by atoms with E-state index < -0.39 is 0 Å². The number of hydrogen-bond acceptors (Lipinski definition) is 6. The van der Waals surface area contributed by atoms with Crippen LogP contribution in [0.2, 0.25) is 0 Å². The molecule has 0 saturated carbocycles. The third kappa shape index (κ3) is 3.00. The van der Waals surface area contributed by atoms with Gasteiger partial charge in [0.15, 0.2) is 0 Å². The predicted molar refractivity (Wildman–Crippen MR) is 97.8 cm³/mol. The van der Waals surface area contributed by atoms with Crippen molar-refractivity contribution in [3.05, 3.63) is 44.4 Å². The Morgan fingerprint density at radius 3 is 3.08 bits per heavy atom. The van der Waals surface area contributed by atoms with Gasteiger partial charge in [-0.1, -0.05) is 29.5 Å². The number of rotatable bonds is 4. The highest BCUT2D eigenvalue weighted by Gasteiger charge is 2.39. The second kappa shape index (κ2) is 6.88. The molecule has 0 amide bonds. The number of hydrogen-bond donors (Lipinski definition) is 0. The largest absolute Gasteiger partial charge is 0.493 e. The van der Waals surface area contributed by atoms with E-state index in [-0.39, 0.29) is 23.2 Å². The Morgan fingerprint density at radius 2 is 2.24 bits per heavy atom. The SMILES string of the molecule is CCOC(=O)CCn1c2c(sc1=O)[C@@H]1c3ccccc3OC[C@H]1CS2. The average Bonchev–Trinajstić information content (AvgIpc) is 2.95. The Bertz CT molecular complexity index is 857. The number of ether oxygens (including phenoxy) is 2. The first-order chi connectivity index (χ1) is 12.2. The van der Waals surface area contributed by atoms with E-state index in [1.165, 1.54) is 16.9 Å². The van der Waals surface area contributed by atoms with E-state index in [9.17, 15) is 9.59 Å². The minimum absolute atomic E-state index is 0.00595. The number of aromatic nitrogens is 1. The molecule has 1 aromatic heterocycles. The molecule has 2 aliphatic heterocycles. The summed E-state index contributed by atoms with van der Waals surface area (Å²) in [5.41, 5.74) is 1.17. The molecule has 2 atom stereocenters. The van der Waals surface area contributed by atoms with E-state index in [0.717, 1.165) is 21.4 Å². The van der Waals surface area contributed by atoms with Gasteiger partial charge in [0.05, 0.1) is 24.7 Å². The summed E-state index contributed by atoms with van der Waals surface area (Å²) in [6.45, 7) is 3.22. The summed E-state index contributed by atoms with van der Waals surface area (Å²) >= 11 is 3.01. The van der Waals surface area contributed by atoms with Crippen LogP contribution in [0.5, 0.6) is 5.75 Å². The maximum Gasteiger partial charge on any atom is 0.308 e. The van der Waals surface area contributed by atoms with Gasteiger partial charge in [0.2, 0.25) is 0 Å². The van der Waals surface area contributed by atoms with Crippen LogP contribution in [0.25, 0.3) is 0 Å². The van der Waals surface area contributed by atoms with Crippen molar-refractivity contribution in [2.45, 2.75) is 30.8 Å². The monoisotopic (exact) mass is 377 g/mol. The zero-order valence-electron chi connectivity index (χ0n) is 13.9. The topological polar surface area (TPSA) is 57.5 Å². The summed E-state index contributed by atoms with van der Waals surface area (Å²) in [6.07, 6.45) is 0.227. The Balaban J connectivity index is 1.68. The molecule has 0 aliphatic carbocycles. The summed E-state index contributed by atoms with van der Waals surface area (Å²) in [7, 11) is 0. The number of carbonyl (C=O) groups excluding carboxylic acids is 1. The number of fused-ring (bicyclic) bond motifs is 5. The number of benzene rings is 1. The summed E-state index contributed by atoms with van der Waals surface area (Å²) in [5.74, 6) is 2.17. The van der Waals surface area contributed by atoms with E-state index in [2.05, 4.69) is 6.07 Å². The average molecular weight is 377 g/mol. The molecule has 3 heterocycles. The number of carbonyl (C=O) groups is 1. The Kier molecular flexibility index (Phi) is 4.60. The van der Waals surface area contributed by atoms with E-state index >= 15 is 0 Å². The first-order valence-corrected chi connectivity index (χ1v) is 10.2. The number of para-hydroxylation sites is 1. The highest BCUT2D eigenvalue weighted by Crippen LogP contribution is 2.50. The van der Waals surface area contributed by atoms with Crippen molar-refractivity contribution in [3.63, 3.8) is 0 Å². The standard InChI is InChI=1S/C18H19NO4S2/c1-2-22-14(20)7-8-19-17-16(25-18(19)21)15-11(10-24-17)9-23-13-6-4-3-5-12(13)15/h3-6,11,15H,2,7-10H2,1H3/t11-,15-/m0/s1. The van der Waals surface area contributed by atoms with Crippen LogP contribution in [0.1, 0.15) is 29.7 Å². The van der Waals surface area contributed by atoms with Crippen molar-refractivity contribution in [1.82, 2.24) is 4.57 Å². The van der Waals surface area contributed by atoms with Crippen LogP contribution >= 0.6 is 23.1 Å². The van der Waals surface area contributed by atoms with E-state index in [4.69, 9.17) is 9.47 Å². The molecule has 2 aliphatic rings. The molecule has 2 aromatic rings. The molecule has 7 heteroatoms. The summed E-state index contributed by atoms with van der Waals surface area (Å²) < 4.78 is 12.6. The molecule has 25 heavy (non-hydrogen) atoms. The highest BCUT2D eigenvalue weighted by molar-refractivity contribution is 7.99. The fourth-order valence-electron chi connectivity index (χ4n) is 3.48. The fourth-order valence-corrected chi connectivity index (χ4v) is 6.23. The van der Waals surface area contributed by atoms with E-state index in [1.807, 2.05) is 18.2 Å². The molecule has 0 radical (unpaired) electrons. The van der Waals surface area contributed by atoms with Gasteiger partial charge in [-0.05, 0) is 13.0 Å². The molecule has 0 fully saturated rings. The molecule has 1 aromatic carbocycles. The van der Waals surface area contributed by atoms with Crippen LogP contribution in [-0.4, -0.2) is 29.5 Å². The fraction of sp³-hybridized carbons (Fsp3) is 0.444. The molecule has 5 nitrogen and oxygen atoms in total. The Labute approximate surface area is 154 Å². The molecule has 0 saturated heterocycles. The molecule has 4 rings (SSSR count). The third-order valence-corrected chi connectivity index (χ3v) is 7.11. The van der Waals surface area contributed by atoms with Crippen molar-refractivity contribution in [1.29, 1.82) is 0 Å². The first-order valence-electron chi connectivity index (χ1n) is 8.42. The Morgan fingerprint density at radius 1 is 1.40 bits per heavy atom. The Hall–Kier alpha value is -1.73. The predicted octanol–water partition coefficient (Wildman–Crippen LogP) is 3.11. The van der Waals surface area contributed by atoms with Crippen LogP contribution in [-0.2, 0) is 16.1 Å². The smallest absolute Gasteiger partial charge is 0.308 e. The van der Waals surface area contributed by atoms with E-state index in [0.29, 0.717) is 25.7 Å². The molecule has 0 unspecified atom stereocenters. The van der Waals surface area contributed by atoms with Crippen LogP contribution < -0.4 is 9.61 Å². The van der Waals surface area contributed by atoms with Crippen molar-refractivity contribution < 1.29 is 14.3 Å². The normalized spacial score (nSPS) is 20.8. The maximum atomic E-state index is 12.5. The van der Waals surface area contributed by atoms with Gasteiger partial charge < -0.3 is 9.47 Å². The molecular weight excluding hydrogens is 358 g/mol. The molecule has 132 valence electrons. The van der Waals surface area contributed by atoms with E-state index in [1.54, 1.807) is 23.3 Å². The molecule has 0 spiro atoms. The highest BCUT2D eigenvalue weighted by atomic mass is 32.2. The third-order valence-electron chi connectivity index (χ3n) is 4.61. The summed E-state index contributed by atoms with van der Waals surface area (Å²) in [5, 5.41) is 1.01. The van der Waals surface area contributed by atoms with Crippen LogP contribution in [0.3, 0.4) is 0 Å². The van der Waals surface area contributed by atoms with Crippen molar-refractivity contribution in [3.8, 4) is 5.75 Å². The van der Waals surface area contributed by atoms with Gasteiger partial charge in [0.1, 0.15) is 5.75 Å². The van der Waals surface area contributed by atoms with Crippen molar-refractivity contribution >= 4 is 29.1 Å². The lowest BCUT2D eigenvalue weighted by atomic mass is 9.84. The van der Waals surface area contributed by atoms with Crippen LogP contribution in [0.15, 0.2) is 34.1 Å². The van der Waals surface area contributed by atoms with Crippen LogP contribution in [0, 0.1) is 5.92 Å².